The third-order valence-electron chi connectivity index (χ3n) is 1.33. The van der Waals surface area contributed by atoms with Crippen molar-refractivity contribution >= 4 is 17.6 Å². The van der Waals surface area contributed by atoms with E-state index in [1.165, 1.54) is 6.20 Å². The van der Waals surface area contributed by atoms with Gasteiger partial charge in [0.15, 0.2) is 5.84 Å². The molecule has 0 bridgehead atoms. The van der Waals surface area contributed by atoms with E-state index in [2.05, 4.69) is 15.4 Å². The van der Waals surface area contributed by atoms with Crippen LogP contribution in [-0.2, 0) is 0 Å². The molecule has 70 valence electrons. The topological polar surface area (TPSA) is 84.4 Å². The highest BCUT2D eigenvalue weighted by Crippen LogP contribution is 2.13. The number of rotatable bonds is 3. The first kappa shape index (κ1) is 9.79. The number of nitrogens with zero attached hydrogens (tertiary/aromatic N) is 3. The van der Waals surface area contributed by atoms with Crippen molar-refractivity contribution in [3.63, 3.8) is 0 Å². The molecule has 13 heavy (non-hydrogen) atoms. The Labute approximate surface area is 80.0 Å². The number of amidine groups is 1. The molecule has 0 saturated heterocycles. The third kappa shape index (κ3) is 2.59. The molecule has 1 heterocycles. The second-order valence-electron chi connectivity index (χ2n) is 2.20. The number of aromatic nitrogens is 2. The number of oxime groups is 1. The Morgan fingerprint density at radius 1 is 1.77 bits per heavy atom. The smallest absolute Gasteiger partial charge is 0.171 e. The highest BCUT2D eigenvalue weighted by Gasteiger charge is 2.01. The van der Waals surface area contributed by atoms with E-state index in [1.807, 2.05) is 6.92 Å². The molecule has 5 nitrogen and oxygen atoms in total. The van der Waals surface area contributed by atoms with Gasteiger partial charge < -0.3 is 10.9 Å². The highest BCUT2D eigenvalue weighted by atomic mass is 32.2. The average molecular weight is 198 g/mol. The van der Waals surface area contributed by atoms with Crippen molar-refractivity contribution in [1.29, 1.82) is 0 Å². The number of hydrogen-bond donors (Lipinski definition) is 2. The van der Waals surface area contributed by atoms with Crippen molar-refractivity contribution < 1.29 is 5.21 Å². The Morgan fingerprint density at radius 2 is 2.54 bits per heavy atom. The molecule has 0 atom stereocenters. The lowest BCUT2D eigenvalue weighted by Gasteiger charge is -1.99. The summed E-state index contributed by atoms with van der Waals surface area (Å²) in [6, 6.07) is 1.73. The maximum atomic E-state index is 8.42. The van der Waals surface area contributed by atoms with Crippen molar-refractivity contribution in [3.8, 4) is 0 Å². The van der Waals surface area contributed by atoms with Gasteiger partial charge in [-0.05, 0) is 11.8 Å². The SMILES string of the molecule is CCSc1cc(/C(N)=N/O)cnn1. The summed E-state index contributed by atoms with van der Waals surface area (Å²) in [5, 5.41) is 19.7. The van der Waals surface area contributed by atoms with Gasteiger partial charge in [-0.2, -0.15) is 5.10 Å². The first-order chi connectivity index (χ1) is 6.27. The zero-order valence-corrected chi connectivity index (χ0v) is 7.95. The second-order valence-corrected chi connectivity index (χ2v) is 3.49. The maximum absolute atomic E-state index is 8.42. The Kier molecular flexibility index (Phi) is 3.51. The molecule has 0 spiro atoms. The molecule has 0 aliphatic heterocycles. The second kappa shape index (κ2) is 4.66. The van der Waals surface area contributed by atoms with Crippen LogP contribution in [0.4, 0.5) is 0 Å². The Balaban J connectivity index is 2.91. The van der Waals surface area contributed by atoms with Crippen LogP contribution in [0.5, 0.6) is 0 Å². The fraction of sp³-hybridized carbons (Fsp3) is 0.286. The van der Waals surface area contributed by atoms with Crippen LogP contribution in [0.25, 0.3) is 0 Å². The quantitative estimate of drug-likeness (QED) is 0.245. The van der Waals surface area contributed by atoms with Gasteiger partial charge in [-0.1, -0.05) is 12.1 Å². The van der Waals surface area contributed by atoms with Crippen LogP contribution < -0.4 is 5.73 Å². The summed E-state index contributed by atoms with van der Waals surface area (Å²) in [6.45, 7) is 2.02. The Hall–Kier alpha value is -1.30. The van der Waals surface area contributed by atoms with E-state index in [-0.39, 0.29) is 5.84 Å². The molecule has 0 radical (unpaired) electrons. The Morgan fingerprint density at radius 3 is 3.15 bits per heavy atom. The van der Waals surface area contributed by atoms with Gasteiger partial charge in [0.05, 0.1) is 6.20 Å². The summed E-state index contributed by atoms with van der Waals surface area (Å²) in [7, 11) is 0. The summed E-state index contributed by atoms with van der Waals surface area (Å²) in [4.78, 5) is 0. The first-order valence-corrected chi connectivity index (χ1v) is 4.70. The molecule has 1 rings (SSSR count). The molecule has 0 saturated carbocycles. The van der Waals surface area contributed by atoms with Crippen molar-refractivity contribution in [2.75, 3.05) is 5.75 Å². The molecule has 0 unspecified atom stereocenters. The maximum Gasteiger partial charge on any atom is 0.171 e. The van der Waals surface area contributed by atoms with E-state index in [0.29, 0.717) is 5.56 Å². The van der Waals surface area contributed by atoms with Gasteiger partial charge in [-0.3, -0.25) is 0 Å². The molecule has 0 aliphatic carbocycles. The van der Waals surface area contributed by atoms with Gasteiger partial charge in [-0.25, -0.2) is 0 Å². The van der Waals surface area contributed by atoms with Gasteiger partial charge in [0.25, 0.3) is 0 Å². The lowest BCUT2D eigenvalue weighted by Crippen LogP contribution is -2.13. The van der Waals surface area contributed by atoms with E-state index in [1.54, 1.807) is 17.8 Å². The molecule has 0 aromatic carbocycles. The fourth-order valence-electron chi connectivity index (χ4n) is 0.763. The molecule has 1 aromatic rings. The third-order valence-corrected chi connectivity index (χ3v) is 2.11. The van der Waals surface area contributed by atoms with E-state index >= 15 is 0 Å². The van der Waals surface area contributed by atoms with Crippen LogP contribution in [0.1, 0.15) is 12.5 Å². The van der Waals surface area contributed by atoms with Crippen LogP contribution in [-0.4, -0.2) is 27.0 Å². The lowest BCUT2D eigenvalue weighted by molar-refractivity contribution is 0.318. The van der Waals surface area contributed by atoms with E-state index < -0.39 is 0 Å². The summed E-state index contributed by atoms with van der Waals surface area (Å²) in [6.07, 6.45) is 1.45. The molecule has 0 amide bonds. The molecule has 0 aliphatic rings. The van der Waals surface area contributed by atoms with Gasteiger partial charge in [0, 0.05) is 5.56 Å². The predicted molar refractivity (Wildman–Crippen MR) is 50.9 cm³/mol. The van der Waals surface area contributed by atoms with Gasteiger partial charge in [-0.15, -0.1) is 16.9 Å². The van der Waals surface area contributed by atoms with Crippen LogP contribution in [0.2, 0.25) is 0 Å². The van der Waals surface area contributed by atoms with Crippen LogP contribution in [0, 0.1) is 0 Å². The predicted octanol–water partition coefficient (Wildman–Crippen LogP) is 0.683. The zero-order chi connectivity index (χ0) is 9.68. The average Bonchev–Trinajstić information content (AvgIpc) is 2.18. The highest BCUT2D eigenvalue weighted by molar-refractivity contribution is 7.99. The van der Waals surface area contributed by atoms with Crippen molar-refractivity contribution in [2.45, 2.75) is 11.9 Å². The minimum Gasteiger partial charge on any atom is -0.409 e. The van der Waals surface area contributed by atoms with Crippen LogP contribution >= 0.6 is 11.8 Å². The fourth-order valence-corrected chi connectivity index (χ4v) is 1.37. The lowest BCUT2D eigenvalue weighted by atomic mass is 10.3. The van der Waals surface area contributed by atoms with Crippen molar-refractivity contribution in [2.24, 2.45) is 10.9 Å². The molecule has 1 aromatic heterocycles. The minimum atomic E-state index is 0.0489. The number of nitrogens with two attached hydrogens (primary N) is 1. The van der Waals surface area contributed by atoms with E-state index in [4.69, 9.17) is 10.9 Å². The molecule has 0 fully saturated rings. The number of thioether (sulfide) groups is 1. The monoisotopic (exact) mass is 198 g/mol. The molecule has 3 N–H and O–H groups in total. The molecule has 6 heteroatoms. The summed E-state index contributed by atoms with van der Waals surface area (Å²) >= 11 is 1.55. The zero-order valence-electron chi connectivity index (χ0n) is 7.14. The van der Waals surface area contributed by atoms with Crippen LogP contribution in [0.15, 0.2) is 22.4 Å². The summed E-state index contributed by atoms with van der Waals surface area (Å²) in [5.74, 6) is 0.960. The standard InChI is InChI=1S/C7H10N4OS/c1-2-13-6-3-5(4-9-10-6)7(8)11-12/h3-4,12H,2H2,1H3,(H2,8,11). The summed E-state index contributed by atoms with van der Waals surface area (Å²) < 4.78 is 0. The van der Waals surface area contributed by atoms with Gasteiger partial charge in [0.2, 0.25) is 0 Å². The first-order valence-electron chi connectivity index (χ1n) is 3.71. The number of hydrogen-bond acceptors (Lipinski definition) is 5. The van der Waals surface area contributed by atoms with E-state index in [0.717, 1.165) is 10.8 Å². The van der Waals surface area contributed by atoms with Crippen LogP contribution in [0.3, 0.4) is 0 Å². The van der Waals surface area contributed by atoms with Gasteiger partial charge in [0.1, 0.15) is 5.03 Å². The minimum absolute atomic E-state index is 0.0489. The molecular formula is C7H10N4OS. The van der Waals surface area contributed by atoms with Gasteiger partial charge >= 0.3 is 0 Å². The normalized spacial score (nSPS) is 11.6. The summed E-state index contributed by atoms with van der Waals surface area (Å²) in [5.41, 5.74) is 5.96. The van der Waals surface area contributed by atoms with E-state index in [9.17, 15) is 0 Å². The molecular weight excluding hydrogens is 188 g/mol. The van der Waals surface area contributed by atoms with Crippen molar-refractivity contribution in [1.82, 2.24) is 10.2 Å². The Bertz CT molecular complexity index is 315. The largest absolute Gasteiger partial charge is 0.409 e. The van der Waals surface area contributed by atoms with Crippen molar-refractivity contribution in [3.05, 3.63) is 17.8 Å².